The van der Waals surface area contributed by atoms with E-state index < -0.39 is 17.1 Å². The number of rotatable bonds is 9. The van der Waals surface area contributed by atoms with Gasteiger partial charge >= 0.3 is 0 Å². The van der Waals surface area contributed by atoms with E-state index in [2.05, 4.69) is 20.9 Å². The molecule has 2 heterocycles. The molecule has 2 aromatic carbocycles. The fourth-order valence-corrected chi connectivity index (χ4v) is 4.15. The summed E-state index contributed by atoms with van der Waals surface area (Å²) in [5, 5.41) is 7.84. The maximum atomic E-state index is 13.1. The first-order valence-electron chi connectivity index (χ1n) is 11.4. The average molecular weight is 513 g/mol. The maximum Gasteiger partial charge on any atom is 0.272 e. The van der Waals surface area contributed by atoms with Crippen LogP contribution in [-0.4, -0.2) is 28.0 Å². The summed E-state index contributed by atoms with van der Waals surface area (Å²) >= 11 is 1.34. The van der Waals surface area contributed by atoms with E-state index in [1.807, 2.05) is 6.07 Å². The van der Waals surface area contributed by atoms with Gasteiger partial charge in [0.05, 0.1) is 11.5 Å². The van der Waals surface area contributed by atoms with Gasteiger partial charge in [0.25, 0.3) is 11.8 Å². The number of hydrogen-bond acceptors (Lipinski definition) is 6. The van der Waals surface area contributed by atoms with Gasteiger partial charge in [-0.2, -0.15) is 0 Å². The summed E-state index contributed by atoms with van der Waals surface area (Å²) in [5.74, 6) is -0.246. The molecular weight excluding hydrogens is 488 g/mol. The first-order valence-corrected chi connectivity index (χ1v) is 12.3. The lowest BCUT2D eigenvalue weighted by Crippen LogP contribution is -2.30. The molecule has 3 N–H and O–H groups in total. The molecule has 186 valence electrons. The smallest absolute Gasteiger partial charge is 0.272 e. The van der Waals surface area contributed by atoms with Crippen molar-refractivity contribution in [1.29, 1.82) is 0 Å². The van der Waals surface area contributed by atoms with Crippen LogP contribution in [0.1, 0.15) is 23.0 Å². The summed E-state index contributed by atoms with van der Waals surface area (Å²) in [5.41, 5.74) is 0.939. The molecule has 1 atom stereocenters. The van der Waals surface area contributed by atoms with E-state index in [9.17, 15) is 14.4 Å². The lowest BCUT2D eigenvalue weighted by molar-refractivity contribution is -0.115. The summed E-state index contributed by atoms with van der Waals surface area (Å²) in [7, 11) is 0. The zero-order chi connectivity index (χ0) is 26.0. The molecule has 3 amide bonds. The number of furan rings is 1. The van der Waals surface area contributed by atoms with Gasteiger partial charge in [-0.1, -0.05) is 30.3 Å². The minimum atomic E-state index is -0.524. The average Bonchev–Trinajstić information content (AvgIpc) is 3.43. The van der Waals surface area contributed by atoms with Crippen molar-refractivity contribution < 1.29 is 18.8 Å². The topological polar surface area (TPSA) is 113 Å². The fourth-order valence-electron chi connectivity index (χ4n) is 3.23. The van der Waals surface area contributed by atoms with E-state index in [1.54, 1.807) is 92.0 Å². The summed E-state index contributed by atoms with van der Waals surface area (Å²) < 4.78 is 5.33. The van der Waals surface area contributed by atoms with Crippen molar-refractivity contribution in [3.05, 3.63) is 114 Å². The first kappa shape index (κ1) is 25.5. The molecule has 37 heavy (non-hydrogen) atoms. The van der Waals surface area contributed by atoms with Crippen molar-refractivity contribution >= 4 is 47.1 Å². The molecule has 0 aliphatic heterocycles. The van der Waals surface area contributed by atoms with Gasteiger partial charge in [0.15, 0.2) is 0 Å². The number of nitrogens with zero attached hydrogens (tertiary/aromatic N) is 1. The van der Waals surface area contributed by atoms with Crippen LogP contribution < -0.4 is 16.0 Å². The number of hydrogen-bond donors (Lipinski definition) is 3. The van der Waals surface area contributed by atoms with Gasteiger partial charge < -0.3 is 20.4 Å². The standard InChI is InChI=1S/C28H24N4O4S/c1-19(26(33)32-25-14-5-6-15-29-25)37-23-13-7-11-21(17-23)30-28(35)24(18-22-12-8-16-36-22)31-27(34)20-9-3-2-4-10-20/h2-19H,1H3,(H,30,35)(H,31,34)(H,29,32,33)/b24-18-. The van der Waals surface area contributed by atoms with Gasteiger partial charge in [-0.15, -0.1) is 11.8 Å². The fraction of sp³-hybridized carbons (Fsp3) is 0.0714. The molecule has 9 heteroatoms. The van der Waals surface area contributed by atoms with Crippen molar-refractivity contribution in [2.75, 3.05) is 10.6 Å². The third-order valence-electron chi connectivity index (χ3n) is 5.05. The lowest BCUT2D eigenvalue weighted by atomic mass is 10.2. The SMILES string of the molecule is CC(Sc1cccc(NC(=O)/C(=C/c2ccco2)NC(=O)c2ccccc2)c1)C(=O)Nc1ccccn1. The number of thioether (sulfide) groups is 1. The Labute approximate surface area is 218 Å². The number of pyridine rings is 1. The van der Waals surface area contributed by atoms with Crippen LogP contribution in [0.4, 0.5) is 11.5 Å². The number of nitrogens with one attached hydrogen (secondary N) is 3. The number of amides is 3. The molecule has 0 aliphatic rings. The Morgan fingerprint density at radius 2 is 1.73 bits per heavy atom. The van der Waals surface area contributed by atoms with Crippen molar-refractivity contribution in [3.8, 4) is 0 Å². The Morgan fingerprint density at radius 1 is 0.919 bits per heavy atom. The Kier molecular flexibility index (Phi) is 8.51. The zero-order valence-electron chi connectivity index (χ0n) is 19.9. The molecule has 0 spiro atoms. The van der Waals surface area contributed by atoms with E-state index in [0.29, 0.717) is 22.8 Å². The summed E-state index contributed by atoms with van der Waals surface area (Å²) in [6.45, 7) is 1.79. The second-order valence-corrected chi connectivity index (χ2v) is 9.25. The van der Waals surface area contributed by atoms with Crippen molar-refractivity contribution in [2.24, 2.45) is 0 Å². The molecule has 0 saturated carbocycles. The Balaban J connectivity index is 1.44. The van der Waals surface area contributed by atoms with Gasteiger partial charge in [-0.05, 0) is 61.5 Å². The Morgan fingerprint density at radius 3 is 2.46 bits per heavy atom. The highest BCUT2D eigenvalue weighted by Gasteiger charge is 2.18. The van der Waals surface area contributed by atoms with E-state index in [1.165, 1.54) is 24.1 Å². The van der Waals surface area contributed by atoms with Crippen LogP contribution in [0.15, 0.2) is 112 Å². The lowest BCUT2D eigenvalue weighted by Gasteiger charge is -2.13. The van der Waals surface area contributed by atoms with Crippen LogP contribution in [0, 0.1) is 0 Å². The minimum absolute atomic E-state index is 0.0185. The number of carbonyl (C=O) groups excluding carboxylic acids is 3. The van der Waals surface area contributed by atoms with E-state index >= 15 is 0 Å². The minimum Gasteiger partial charge on any atom is -0.465 e. The molecule has 4 aromatic rings. The zero-order valence-corrected chi connectivity index (χ0v) is 20.7. The third kappa shape index (κ3) is 7.42. The van der Waals surface area contributed by atoms with E-state index in [-0.39, 0.29) is 11.6 Å². The predicted molar refractivity (Wildman–Crippen MR) is 144 cm³/mol. The van der Waals surface area contributed by atoms with Crippen molar-refractivity contribution in [2.45, 2.75) is 17.1 Å². The number of anilines is 2. The highest BCUT2D eigenvalue weighted by Crippen LogP contribution is 2.26. The summed E-state index contributed by atoms with van der Waals surface area (Å²) in [6.07, 6.45) is 4.54. The molecule has 1 unspecified atom stereocenters. The molecular formula is C28H24N4O4S. The van der Waals surface area contributed by atoms with Crippen molar-refractivity contribution in [1.82, 2.24) is 10.3 Å². The maximum absolute atomic E-state index is 13.1. The normalized spacial score (nSPS) is 11.9. The van der Waals surface area contributed by atoms with Crippen LogP contribution in [-0.2, 0) is 9.59 Å². The molecule has 0 saturated heterocycles. The molecule has 2 aromatic heterocycles. The van der Waals surface area contributed by atoms with E-state index in [4.69, 9.17) is 4.42 Å². The second-order valence-electron chi connectivity index (χ2n) is 7.84. The van der Waals surface area contributed by atoms with Gasteiger partial charge in [-0.3, -0.25) is 14.4 Å². The summed E-state index contributed by atoms with van der Waals surface area (Å²) in [6, 6.07) is 24.4. The van der Waals surface area contributed by atoms with Crippen LogP contribution in [0.5, 0.6) is 0 Å². The quantitative estimate of drug-likeness (QED) is 0.210. The van der Waals surface area contributed by atoms with E-state index in [0.717, 1.165) is 4.90 Å². The highest BCUT2D eigenvalue weighted by atomic mass is 32.2. The third-order valence-corrected chi connectivity index (χ3v) is 6.14. The van der Waals surface area contributed by atoms with Crippen LogP contribution >= 0.6 is 11.8 Å². The molecule has 0 fully saturated rings. The van der Waals surface area contributed by atoms with Crippen LogP contribution in [0.2, 0.25) is 0 Å². The number of carbonyl (C=O) groups is 3. The number of benzene rings is 2. The van der Waals surface area contributed by atoms with Crippen LogP contribution in [0.25, 0.3) is 6.08 Å². The Bertz CT molecular complexity index is 1390. The van der Waals surface area contributed by atoms with Gasteiger partial charge in [0, 0.05) is 28.4 Å². The second kappa shape index (κ2) is 12.4. The number of aromatic nitrogens is 1. The van der Waals surface area contributed by atoms with Gasteiger partial charge in [0.2, 0.25) is 5.91 Å². The Hall–Kier alpha value is -4.63. The molecule has 8 nitrogen and oxygen atoms in total. The molecule has 4 rings (SSSR count). The van der Waals surface area contributed by atoms with Gasteiger partial charge in [0.1, 0.15) is 17.3 Å². The largest absolute Gasteiger partial charge is 0.465 e. The molecule has 0 aliphatic carbocycles. The molecule has 0 radical (unpaired) electrons. The highest BCUT2D eigenvalue weighted by molar-refractivity contribution is 8.00. The molecule has 0 bridgehead atoms. The summed E-state index contributed by atoms with van der Waals surface area (Å²) in [4.78, 5) is 43.3. The predicted octanol–water partition coefficient (Wildman–Crippen LogP) is 5.20. The first-order chi connectivity index (χ1) is 18.0. The van der Waals surface area contributed by atoms with Crippen molar-refractivity contribution in [3.63, 3.8) is 0 Å². The monoisotopic (exact) mass is 512 g/mol. The van der Waals surface area contributed by atoms with Crippen LogP contribution in [0.3, 0.4) is 0 Å². The van der Waals surface area contributed by atoms with Gasteiger partial charge in [-0.25, -0.2) is 4.98 Å².